The van der Waals surface area contributed by atoms with Gasteiger partial charge < -0.3 is 5.73 Å². The lowest BCUT2D eigenvalue weighted by atomic mass is 9.66. The monoisotopic (exact) mass is 280 g/mol. The van der Waals surface area contributed by atoms with Crippen LogP contribution in [0.4, 0.5) is 0 Å². The van der Waals surface area contributed by atoms with E-state index in [1.54, 1.807) is 0 Å². The summed E-state index contributed by atoms with van der Waals surface area (Å²) in [5.74, 6) is 0.884. The third-order valence-corrected chi connectivity index (χ3v) is 5.87. The fourth-order valence-electron chi connectivity index (χ4n) is 4.15. The van der Waals surface area contributed by atoms with Gasteiger partial charge in [-0.15, -0.1) is 0 Å². The van der Waals surface area contributed by atoms with Crippen LogP contribution >= 0.6 is 0 Å². The molecule has 20 heavy (non-hydrogen) atoms. The first-order valence-corrected chi connectivity index (χ1v) is 8.90. The highest BCUT2D eigenvalue weighted by atomic mass is 15.3. The summed E-state index contributed by atoms with van der Waals surface area (Å²) in [7, 11) is 0. The predicted octanol–water partition coefficient (Wildman–Crippen LogP) is 4.18. The van der Waals surface area contributed by atoms with Crippen molar-refractivity contribution in [1.82, 2.24) is 4.90 Å². The molecule has 0 saturated heterocycles. The molecule has 0 aromatic heterocycles. The average molecular weight is 280 g/mol. The molecule has 0 aromatic rings. The van der Waals surface area contributed by atoms with Crippen LogP contribution in [0.5, 0.6) is 0 Å². The van der Waals surface area contributed by atoms with Crippen LogP contribution in [0.25, 0.3) is 0 Å². The Morgan fingerprint density at radius 2 is 1.70 bits per heavy atom. The van der Waals surface area contributed by atoms with Gasteiger partial charge in [0.05, 0.1) is 0 Å². The Morgan fingerprint density at radius 3 is 2.10 bits per heavy atom. The van der Waals surface area contributed by atoms with E-state index >= 15 is 0 Å². The van der Waals surface area contributed by atoms with Gasteiger partial charge in [0.1, 0.15) is 0 Å². The van der Waals surface area contributed by atoms with Crippen molar-refractivity contribution < 1.29 is 0 Å². The fraction of sp³-hybridized carbons (Fsp3) is 1.00. The molecule has 0 aromatic carbocycles. The third kappa shape index (κ3) is 3.57. The maximum absolute atomic E-state index is 6.29. The molecule has 2 N–H and O–H groups in total. The topological polar surface area (TPSA) is 29.3 Å². The Balaban J connectivity index is 2.02. The quantitative estimate of drug-likeness (QED) is 0.790. The van der Waals surface area contributed by atoms with E-state index in [0.717, 1.165) is 18.5 Å². The van der Waals surface area contributed by atoms with Gasteiger partial charge in [0.15, 0.2) is 0 Å². The molecule has 0 radical (unpaired) electrons. The predicted molar refractivity (Wildman–Crippen MR) is 87.8 cm³/mol. The number of nitrogens with two attached hydrogens (primary N) is 1. The Labute approximate surface area is 126 Å². The molecule has 118 valence electrons. The maximum Gasteiger partial charge on any atom is 0.0334 e. The highest BCUT2D eigenvalue weighted by Gasteiger charge is 2.46. The summed E-state index contributed by atoms with van der Waals surface area (Å²) in [6, 6.07) is 0.858. The van der Waals surface area contributed by atoms with E-state index in [2.05, 4.69) is 32.6 Å². The van der Waals surface area contributed by atoms with Gasteiger partial charge in [0.25, 0.3) is 0 Å². The summed E-state index contributed by atoms with van der Waals surface area (Å²) in [4.78, 5) is 2.83. The van der Waals surface area contributed by atoms with Gasteiger partial charge in [-0.3, -0.25) is 4.90 Å². The normalized spacial score (nSPS) is 31.8. The van der Waals surface area contributed by atoms with Crippen LogP contribution < -0.4 is 5.73 Å². The molecular formula is C18H36N2. The first-order valence-electron chi connectivity index (χ1n) is 8.90. The molecule has 2 aliphatic rings. The van der Waals surface area contributed by atoms with Crippen LogP contribution in [0.3, 0.4) is 0 Å². The molecule has 0 spiro atoms. The summed E-state index contributed by atoms with van der Waals surface area (Å²) < 4.78 is 0. The maximum atomic E-state index is 6.29. The molecular weight excluding hydrogens is 244 g/mol. The van der Waals surface area contributed by atoms with E-state index in [-0.39, 0.29) is 0 Å². The zero-order chi connectivity index (χ0) is 14.8. The molecule has 2 fully saturated rings. The molecule has 2 heteroatoms. The lowest BCUT2D eigenvalue weighted by Gasteiger charge is -2.50. The molecule has 0 atom stereocenters. The van der Waals surface area contributed by atoms with Crippen LogP contribution in [0.2, 0.25) is 0 Å². The number of nitrogens with zero attached hydrogens (tertiary/aromatic N) is 1. The van der Waals surface area contributed by atoms with Crippen LogP contribution in [0.1, 0.15) is 79.1 Å². The summed E-state index contributed by atoms with van der Waals surface area (Å²) >= 11 is 0. The van der Waals surface area contributed by atoms with E-state index in [1.165, 1.54) is 57.9 Å². The van der Waals surface area contributed by atoms with E-state index < -0.39 is 0 Å². The lowest BCUT2D eigenvalue weighted by molar-refractivity contribution is 0.0143. The SMILES string of the molecule is CCCCN(C1CC1)C1(CN)CCC(C(C)(C)C)CC1. The second-order valence-corrected chi connectivity index (χ2v) is 8.35. The number of hydrogen-bond donors (Lipinski definition) is 1. The number of rotatable bonds is 6. The summed E-state index contributed by atoms with van der Waals surface area (Å²) in [5.41, 5.74) is 7.09. The van der Waals surface area contributed by atoms with Gasteiger partial charge in [-0.2, -0.15) is 0 Å². The summed E-state index contributed by atoms with van der Waals surface area (Å²) in [6.07, 6.45) is 10.8. The first kappa shape index (κ1) is 16.3. The standard InChI is InChI=1S/C18H36N2/c1-5-6-13-20(16-7-8-16)18(14-19)11-9-15(10-12-18)17(2,3)4/h15-16H,5-14,19H2,1-4H3. The van der Waals surface area contributed by atoms with Crippen molar-refractivity contribution in [2.75, 3.05) is 13.1 Å². The Hall–Kier alpha value is -0.0800. The fourth-order valence-corrected chi connectivity index (χ4v) is 4.15. The highest BCUT2D eigenvalue weighted by molar-refractivity contribution is 5.02. The smallest absolute Gasteiger partial charge is 0.0334 e. The zero-order valence-electron chi connectivity index (χ0n) is 14.3. The van der Waals surface area contributed by atoms with Gasteiger partial charge in [-0.05, 0) is 62.8 Å². The minimum absolute atomic E-state index is 0.331. The van der Waals surface area contributed by atoms with Crippen molar-refractivity contribution in [2.45, 2.75) is 90.6 Å². The molecule has 0 bridgehead atoms. The molecule has 0 aliphatic heterocycles. The lowest BCUT2D eigenvalue weighted by Crippen LogP contribution is -2.57. The van der Waals surface area contributed by atoms with Gasteiger partial charge in [0.2, 0.25) is 0 Å². The molecule has 2 saturated carbocycles. The van der Waals surface area contributed by atoms with E-state index in [0.29, 0.717) is 11.0 Å². The molecule has 2 nitrogen and oxygen atoms in total. The van der Waals surface area contributed by atoms with E-state index in [9.17, 15) is 0 Å². The Bertz CT molecular complexity index is 293. The van der Waals surface area contributed by atoms with E-state index in [1.807, 2.05) is 0 Å². The average Bonchev–Trinajstić information content (AvgIpc) is 3.23. The minimum Gasteiger partial charge on any atom is -0.329 e. The second kappa shape index (κ2) is 6.36. The first-order chi connectivity index (χ1) is 9.43. The van der Waals surface area contributed by atoms with Crippen molar-refractivity contribution in [3.8, 4) is 0 Å². The van der Waals surface area contributed by atoms with Gasteiger partial charge >= 0.3 is 0 Å². The van der Waals surface area contributed by atoms with Gasteiger partial charge in [-0.25, -0.2) is 0 Å². The highest BCUT2D eigenvalue weighted by Crippen LogP contribution is 2.46. The number of hydrogen-bond acceptors (Lipinski definition) is 2. The molecule has 0 unspecified atom stereocenters. The van der Waals surface area contributed by atoms with Gasteiger partial charge in [0, 0.05) is 18.1 Å². The summed E-state index contributed by atoms with van der Waals surface area (Å²) in [5, 5.41) is 0. The van der Waals surface area contributed by atoms with Gasteiger partial charge in [-0.1, -0.05) is 34.1 Å². The molecule has 2 aliphatic carbocycles. The Morgan fingerprint density at radius 1 is 1.10 bits per heavy atom. The molecule has 2 rings (SSSR count). The molecule has 0 amide bonds. The van der Waals surface area contributed by atoms with Crippen molar-refractivity contribution >= 4 is 0 Å². The van der Waals surface area contributed by atoms with Crippen molar-refractivity contribution in [2.24, 2.45) is 17.1 Å². The minimum atomic E-state index is 0.331. The van der Waals surface area contributed by atoms with Crippen LogP contribution in [-0.4, -0.2) is 29.6 Å². The largest absolute Gasteiger partial charge is 0.329 e. The zero-order valence-corrected chi connectivity index (χ0v) is 14.3. The Kier molecular flexibility index (Phi) is 5.18. The third-order valence-electron chi connectivity index (χ3n) is 5.87. The van der Waals surface area contributed by atoms with Crippen LogP contribution in [-0.2, 0) is 0 Å². The van der Waals surface area contributed by atoms with Crippen molar-refractivity contribution in [3.05, 3.63) is 0 Å². The van der Waals surface area contributed by atoms with Crippen LogP contribution in [0.15, 0.2) is 0 Å². The van der Waals surface area contributed by atoms with Crippen LogP contribution in [0, 0.1) is 11.3 Å². The molecule has 0 heterocycles. The number of unbranched alkanes of at least 4 members (excludes halogenated alkanes) is 1. The van der Waals surface area contributed by atoms with Crippen molar-refractivity contribution in [3.63, 3.8) is 0 Å². The second-order valence-electron chi connectivity index (χ2n) is 8.35. The van der Waals surface area contributed by atoms with E-state index in [4.69, 9.17) is 5.73 Å². The summed E-state index contributed by atoms with van der Waals surface area (Å²) in [6.45, 7) is 11.7. The van der Waals surface area contributed by atoms with Crippen molar-refractivity contribution in [1.29, 1.82) is 0 Å².